The van der Waals surface area contributed by atoms with Crippen molar-refractivity contribution in [3.05, 3.63) is 65.9 Å². The summed E-state index contributed by atoms with van der Waals surface area (Å²) in [5.41, 5.74) is 2.67. The molecule has 1 aromatic heterocycles. The number of H-pyrrole nitrogens is 1. The Balaban J connectivity index is 1.35. The van der Waals surface area contributed by atoms with Crippen LogP contribution in [0.25, 0.3) is 10.9 Å². The summed E-state index contributed by atoms with van der Waals surface area (Å²) in [6, 6.07) is 14.1. The first kappa shape index (κ1) is 17.8. The molecule has 0 atom stereocenters. The predicted octanol–water partition coefficient (Wildman–Crippen LogP) is 2.58. The Labute approximate surface area is 158 Å². The molecule has 0 bridgehead atoms. The number of rotatable bonds is 7. The summed E-state index contributed by atoms with van der Waals surface area (Å²) < 4.78 is 26.9. The Kier molecular flexibility index (Phi) is 4.72. The molecule has 1 fully saturated rings. The summed E-state index contributed by atoms with van der Waals surface area (Å²) in [4.78, 5) is 15.7. The molecule has 0 spiro atoms. The van der Waals surface area contributed by atoms with E-state index in [1.807, 2.05) is 24.4 Å². The SMILES string of the molecule is O=C(NCCc1c[nH]c2ccccc12)c1ccc(S(=O)(=O)NC2CC2)cc1. The molecule has 3 N–H and O–H groups in total. The normalized spacial score (nSPS) is 14.4. The van der Waals surface area contributed by atoms with Gasteiger partial charge in [0.25, 0.3) is 5.91 Å². The van der Waals surface area contributed by atoms with Crippen LogP contribution in [-0.4, -0.2) is 31.9 Å². The third kappa shape index (κ3) is 4.04. The fraction of sp³-hybridized carbons (Fsp3) is 0.250. The summed E-state index contributed by atoms with van der Waals surface area (Å²) in [6.07, 6.45) is 4.45. The Morgan fingerprint density at radius 1 is 1.07 bits per heavy atom. The standard InChI is InChI=1S/C20H21N3O3S/c24-20(21-12-11-15-13-22-19-4-2-1-3-18(15)19)14-5-9-17(10-6-14)27(25,26)23-16-7-8-16/h1-6,9-10,13,16,22-23H,7-8,11-12H2,(H,21,24). The number of aromatic amines is 1. The van der Waals surface area contributed by atoms with Gasteiger partial charge < -0.3 is 10.3 Å². The zero-order valence-corrected chi connectivity index (χ0v) is 15.6. The van der Waals surface area contributed by atoms with Crippen LogP contribution in [0.5, 0.6) is 0 Å². The van der Waals surface area contributed by atoms with E-state index in [1.165, 1.54) is 12.1 Å². The van der Waals surface area contributed by atoms with Crippen LogP contribution in [0, 0.1) is 0 Å². The Morgan fingerprint density at radius 2 is 1.81 bits per heavy atom. The van der Waals surface area contributed by atoms with Gasteiger partial charge in [0, 0.05) is 35.2 Å². The largest absolute Gasteiger partial charge is 0.361 e. The molecule has 0 radical (unpaired) electrons. The van der Waals surface area contributed by atoms with Gasteiger partial charge in [0.2, 0.25) is 10.0 Å². The van der Waals surface area contributed by atoms with E-state index in [0.29, 0.717) is 18.5 Å². The first-order valence-corrected chi connectivity index (χ1v) is 10.5. The van der Waals surface area contributed by atoms with Crippen molar-refractivity contribution in [3.8, 4) is 0 Å². The molecule has 1 heterocycles. The zero-order chi connectivity index (χ0) is 18.9. The number of nitrogens with one attached hydrogen (secondary N) is 3. The van der Waals surface area contributed by atoms with E-state index in [4.69, 9.17) is 0 Å². The van der Waals surface area contributed by atoms with Gasteiger partial charge in [-0.2, -0.15) is 0 Å². The van der Waals surface area contributed by atoms with Crippen molar-refractivity contribution in [2.45, 2.75) is 30.2 Å². The fourth-order valence-corrected chi connectivity index (χ4v) is 4.33. The van der Waals surface area contributed by atoms with E-state index in [1.54, 1.807) is 12.1 Å². The van der Waals surface area contributed by atoms with E-state index < -0.39 is 10.0 Å². The summed E-state index contributed by atoms with van der Waals surface area (Å²) in [5.74, 6) is -0.214. The molecule has 1 saturated carbocycles. The van der Waals surface area contributed by atoms with E-state index in [0.717, 1.165) is 29.3 Å². The summed E-state index contributed by atoms with van der Waals surface area (Å²) in [6.45, 7) is 0.504. The molecule has 140 valence electrons. The molecule has 1 aliphatic rings. The highest BCUT2D eigenvalue weighted by molar-refractivity contribution is 7.89. The van der Waals surface area contributed by atoms with Crippen molar-refractivity contribution in [2.75, 3.05) is 6.54 Å². The number of hydrogen-bond acceptors (Lipinski definition) is 3. The first-order valence-electron chi connectivity index (χ1n) is 8.98. The number of carbonyl (C=O) groups is 1. The summed E-state index contributed by atoms with van der Waals surface area (Å²) >= 11 is 0. The van der Waals surface area contributed by atoms with Gasteiger partial charge in [0.1, 0.15) is 0 Å². The second kappa shape index (κ2) is 7.17. The molecule has 6 nitrogen and oxygen atoms in total. The number of para-hydroxylation sites is 1. The fourth-order valence-electron chi connectivity index (χ4n) is 3.03. The quantitative estimate of drug-likeness (QED) is 0.586. The highest BCUT2D eigenvalue weighted by Crippen LogP contribution is 2.22. The van der Waals surface area contributed by atoms with Crippen molar-refractivity contribution < 1.29 is 13.2 Å². The van der Waals surface area contributed by atoms with Gasteiger partial charge in [-0.25, -0.2) is 13.1 Å². The van der Waals surface area contributed by atoms with E-state index in [9.17, 15) is 13.2 Å². The van der Waals surface area contributed by atoms with Crippen molar-refractivity contribution in [1.29, 1.82) is 0 Å². The Bertz CT molecular complexity index is 1070. The molecule has 3 aromatic rings. The molecule has 27 heavy (non-hydrogen) atoms. The van der Waals surface area contributed by atoms with Gasteiger partial charge in [-0.3, -0.25) is 4.79 Å². The third-order valence-electron chi connectivity index (χ3n) is 4.68. The number of sulfonamides is 1. The van der Waals surface area contributed by atoms with E-state index in [2.05, 4.69) is 21.1 Å². The molecule has 0 saturated heterocycles. The van der Waals surface area contributed by atoms with Gasteiger partial charge in [-0.15, -0.1) is 0 Å². The monoisotopic (exact) mass is 383 g/mol. The van der Waals surface area contributed by atoms with Crippen LogP contribution >= 0.6 is 0 Å². The van der Waals surface area contributed by atoms with Gasteiger partial charge >= 0.3 is 0 Å². The molecule has 2 aromatic carbocycles. The minimum atomic E-state index is -3.49. The average molecular weight is 383 g/mol. The van der Waals surface area contributed by atoms with Crippen LogP contribution in [0.1, 0.15) is 28.8 Å². The molecular weight excluding hydrogens is 362 g/mol. The topological polar surface area (TPSA) is 91.1 Å². The summed E-state index contributed by atoms with van der Waals surface area (Å²) in [7, 11) is -3.49. The smallest absolute Gasteiger partial charge is 0.251 e. The minimum Gasteiger partial charge on any atom is -0.361 e. The molecule has 1 amide bonds. The molecule has 1 aliphatic carbocycles. The highest BCUT2D eigenvalue weighted by atomic mass is 32.2. The lowest BCUT2D eigenvalue weighted by Crippen LogP contribution is -2.27. The van der Waals surface area contributed by atoms with Crippen LogP contribution in [0.4, 0.5) is 0 Å². The van der Waals surface area contributed by atoms with E-state index in [-0.39, 0.29) is 16.8 Å². The maximum atomic E-state index is 12.3. The zero-order valence-electron chi connectivity index (χ0n) is 14.7. The van der Waals surface area contributed by atoms with Crippen LogP contribution in [0.2, 0.25) is 0 Å². The number of amides is 1. The van der Waals surface area contributed by atoms with Crippen LogP contribution < -0.4 is 10.0 Å². The van der Waals surface area contributed by atoms with Crippen LogP contribution in [-0.2, 0) is 16.4 Å². The van der Waals surface area contributed by atoms with Crippen molar-refractivity contribution in [3.63, 3.8) is 0 Å². The van der Waals surface area contributed by atoms with Crippen LogP contribution in [0.15, 0.2) is 59.6 Å². The number of aromatic nitrogens is 1. The Morgan fingerprint density at radius 3 is 2.56 bits per heavy atom. The van der Waals surface area contributed by atoms with E-state index >= 15 is 0 Å². The van der Waals surface area contributed by atoms with Gasteiger partial charge in [0.15, 0.2) is 0 Å². The molecule has 0 unspecified atom stereocenters. The number of carbonyl (C=O) groups excluding carboxylic acids is 1. The average Bonchev–Trinajstić information content (AvgIpc) is 3.38. The molecular formula is C20H21N3O3S. The minimum absolute atomic E-state index is 0.0579. The lowest BCUT2D eigenvalue weighted by atomic mass is 10.1. The third-order valence-corrected chi connectivity index (χ3v) is 6.22. The first-order chi connectivity index (χ1) is 13.0. The molecule has 0 aliphatic heterocycles. The van der Waals surface area contributed by atoms with Gasteiger partial charge in [-0.1, -0.05) is 18.2 Å². The second-order valence-corrected chi connectivity index (χ2v) is 8.50. The van der Waals surface area contributed by atoms with Gasteiger partial charge in [-0.05, 0) is 55.2 Å². The van der Waals surface area contributed by atoms with Crippen molar-refractivity contribution >= 4 is 26.8 Å². The number of fused-ring (bicyclic) bond motifs is 1. The predicted molar refractivity (Wildman–Crippen MR) is 104 cm³/mol. The Hall–Kier alpha value is -2.64. The highest BCUT2D eigenvalue weighted by Gasteiger charge is 2.27. The van der Waals surface area contributed by atoms with Crippen LogP contribution in [0.3, 0.4) is 0 Å². The lowest BCUT2D eigenvalue weighted by Gasteiger charge is -2.08. The summed E-state index contributed by atoms with van der Waals surface area (Å²) in [5, 5.41) is 4.04. The lowest BCUT2D eigenvalue weighted by molar-refractivity contribution is 0.0954. The van der Waals surface area contributed by atoms with Crippen molar-refractivity contribution in [2.24, 2.45) is 0 Å². The molecule has 4 rings (SSSR count). The number of hydrogen-bond donors (Lipinski definition) is 3. The van der Waals surface area contributed by atoms with Gasteiger partial charge in [0.05, 0.1) is 4.90 Å². The molecule has 7 heteroatoms. The maximum Gasteiger partial charge on any atom is 0.251 e. The van der Waals surface area contributed by atoms with Crippen molar-refractivity contribution in [1.82, 2.24) is 15.0 Å². The maximum absolute atomic E-state index is 12.3. The second-order valence-electron chi connectivity index (χ2n) is 6.79. The number of benzene rings is 2.